The normalized spacial score (nSPS) is 14.3. The van der Waals surface area contributed by atoms with Gasteiger partial charge in [-0.2, -0.15) is 0 Å². The minimum atomic E-state index is 0.0819. The third kappa shape index (κ3) is 3.75. The maximum atomic E-state index is 5.59. The van der Waals surface area contributed by atoms with Gasteiger partial charge in [-0.1, -0.05) is 30.3 Å². The Labute approximate surface area is 173 Å². The van der Waals surface area contributed by atoms with Crippen LogP contribution >= 0.6 is 0 Å². The molecule has 4 nitrogen and oxygen atoms in total. The first-order chi connectivity index (χ1) is 14.1. The predicted molar refractivity (Wildman–Crippen MR) is 119 cm³/mol. The number of ether oxygens (including phenoxy) is 2. The van der Waals surface area contributed by atoms with Crippen molar-refractivity contribution in [3.63, 3.8) is 0 Å². The molecule has 0 amide bonds. The molecule has 0 aliphatic carbocycles. The van der Waals surface area contributed by atoms with Gasteiger partial charge in [0.1, 0.15) is 6.17 Å². The van der Waals surface area contributed by atoms with E-state index in [4.69, 9.17) is 9.47 Å². The van der Waals surface area contributed by atoms with Gasteiger partial charge in [-0.05, 0) is 66.9 Å². The van der Waals surface area contributed by atoms with Crippen LogP contribution in [0.1, 0.15) is 22.9 Å². The fourth-order valence-corrected chi connectivity index (χ4v) is 4.16. The molecule has 0 aromatic heterocycles. The number of hydrogen-bond donors (Lipinski definition) is 0. The van der Waals surface area contributed by atoms with Crippen molar-refractivity contribution in [3.8, 4) is 11.5 Å². The molecule has 1 aliphatic rings. The highest BCUT2D eigenvalue weighted by atomic mass is 16.5. The van der Waals surface area contributed by atoms with Crippen LogP contribution in [-0.2, 0) is 0 Å². The van der Waals surface area contributed by atoms with Gasteiger partial charge < -0.3 is 19.3 Å². The molecule has 1 fully saturated rings. The lowest BCUT2D eigenvalue weighted by atomic mass is 10.1. The average molecular weight is 389 g/mol. The van der Waals surface area contributed by atoms with Crippen molar-refractivity contribution < 1.29 is 9.47 Å². The second kappa shape index (κ2) is 8.08. The van der Waals surface area contributed by atoms with E-state index in [9.17, 15) is 0 Å². The van der Waals surface area contributed by atoms with E-state index in [0.717, 1.165) is 24.6 Å². The smallest absolute Gasteiger partial charge is 0.161 e. The van der Waals surface area contributed by atoms with Crippen LogP contribution in [0.25, 0.3) is 0 Å². The molecular weight excluding hydrogens is 360 g/mol. The Kier molecular flexibility index (Phi) is 5.34. The summed E-state index contributed by atoms with van der Waals surface area (Å²) in [5, 5.41) is 0. The summed E-state index contributed by atoms with van der Waals surface area (Å²) in [7, 11) is 3.36. The molecule has 29 heavy (non-hydrogen) atoms. The molecule has 1 saturated heterocycles. The van der Waals surface area contributed by atoms with Gasteiger partial charge in [-0.25, -0.2) is 0 Å². The fourth-order valence-electron chi connectivity index (χ4n) is 4.16. The molecule has 0 saturated carbocycles. The standard InChI is InChI=1S/C25H28N2O2/c1-18-7-5-9-21(15-18)26-13-14-27(22-10-6-8-19(2)16-22)25(26)20-11-12-23(28-3)24(17-20)29-4/h5-12,15-17,25H,13-14H2,1-4H3. The van der Waals surface area contributed by atoms with Crippen molar-refractivity contribution in [1.82, 2.24) is 0 Å². The van der Waals surface area contributed by atoms with Gasteiger partial charge in [0.2, 0.25) is 0 Å². The number of methoxy groups -OCH3 is 2. The first kappa shape index (κ1) is 19.2. The van der Waals surface area contributed by atoms with Crippen molar-refractivity contribution in [2.24, 2.45) is 0 Å². The zero-order valence-electron chi connectivity index (χ0n) is 17.6. The van der Waals surface area contributed by atoms with Gasteiger partial charge in [-0.3, -0.25) is 0 Å². The molecule has 1 heterocycles. The lowest BCUT2D eigenvalue weighted by Gasteiger charge is -2.34. The molecular formula is C25H28N2O2. The maximum Gasteiger partial charge on any atom is 0.161 e. The van der Waals surface area contributed by atoms with E-state index in [1.165, 1.54) is 28.1 Å². The summed E-state index contributed by atoms with van der Waals surface area (Å²) < 4.78 is 11.1. The second-order valence-corrected chi connectivity index (χ2v) is 7.55. The zero-order valence-corrected chi connectivity index (χ0v) is 17.6. The molecule has 0 unspecified atom stereocenters. The minimum Gasteiger partial charge on any atom is -0.493 e. The van der Waals surface area contributed by atoms with Crippen LogP contribution in [-0.4, -0.2) is 27.3 Å². The summed E-state index contributed by atoms with van der Waals surface area (Å²) in [4.78, 5) is 4.94. The zero-order chi connectivity index (χ0) is 20.4. The third-order valence-corrected chi connectivity index (χ3v) is 5.54. The van der Waals surface area contributed by atoms with E-state index in [2.05, 4.69) is 84.3 Å². The SMILES string of the molecule is COc1ccc(C2N(c3cccc(C)c3)CCN2c2cccc(C)c2)cc1OC. The van der Waals surface area contributed by atoms with Gasteiger partial charge in [0, 0.05) is 24.5 Å². The second-order valence-electron chi connectivity index (χ2n) is 7.55. The largest absolute Gasteiger partial charge is 0.493 e. The summed E-state index contributed by atoms with van der Waals surface area (Å²) in [6.07, 6.45) is 0.0819. The summed E-state index contributed by atoms with van der Waals surface area (Å²) in [6.45, 7) is 6.19. The lowest BCUT2D eigenvalue weighted by molar-refractivity contribution is 0.354. The Balaban J connectivity index is 1.81. The Morgan fingerprint density at radius 1 is 0.690 bits per heavy atom. The molecule has 0 N–H and O–H groups in total. The maximum absolute atomic E-state index is 5.59. The lowest BCUT2D eigenvalue weighted by Crippen LogP contribution is -2.31. The van der Waals surface area contributed by atoms with E-state index >= 15 is 0 Å². The highest BCUT2D eigenvalue weighted by molar-refractivity contribution is 5.61. The van der Waals surface area contributed by atoms with Gasteiger partial charge in [0.25, 0.3) is 0 Å². The Hall–Kier alpha value is -3.14. The number of aryl methyl sites for hydroxylation is 2. The Bertz CT molecular complexity index is 948. The highest BCUT2D eigenvalue weighted by Gasteiger charge is 2.34. The molecule has 4 rings (SSSR count). The predicted octanol–water partition coefficient (Wildman–Crippen LogP) is 5.35. The topological polar surface area (TPSA) is 24.9 Å². The molecule has 0 spiro atoms. The molecule has 3 aromatic carbocycles. The monoisotopic (exact) mass is 388 g/mol. The average Bonchev–Trinajstić information content (AvgIpc) is 3.18. The molecule has 150 valence electrons. The third-order valence-electron chi connectivity index (χ3n) is 5.54. The molecule has 4 heteroatoms. The first-order valence-corrected chi connectivity index (χ1v) is 9.99. The van der Waals surface area contributed by atoms with Crippen molar-refractivity contribution >= 4 is 11.4 Å². The van der Waals surface area contributed by atoms with Crippen molar-refractivity contribution in [2.75, 3.05) is 37.1 Å². The molecule has 0 atom stereocenters. The fraction of sp³-hybridized carbons (Fsp3) is 0.280. The van der Waals surface area contributed by atoms with Crippen LogP contribution in [0, 0.1) is 13.8 Å². The summed E-state index contributed by atoms with van der Waals surface area (Å²) >= 11 is 0. The Morgan fingerprint density at radius 2 is 1.24 bits per heavy atom. The van der Waals surface area contributed by atoms with Crippen LogP contribution in [0.15, 0.2) is 66.7 Å². The van der Waals surface area contributed by atoms with E-state index in [0.29, 0.717) is 0 Å². The van der Waals surface area contributed by atoms with Crippen LogP contribution in [0.4, 0.5) is 11.4 Å². The van der Waals surface area contributed by atoms with E-state index in [1.807, 2.05) is 6.07 Å². The van der Waals surface area contributed by atoms with E-state index < -0.39 is 0 Å². The number of nitrogens with zero attached hydrogens (tertiary/aromatic N) is 2. The molecule has 0 radical (unpaired) electrons. The van der Waals surface area contributed by atoms with Crippen molar-refractivity contribution in [3.05, 3.63) is 83.4 Å². The van der Waals surface area contributed by atoms with Crippen LogP contribution in [0.5, 0.6) is 11.5 Å². The summed E-state index contributed by atoms with van der Waals surface area (Å²) in [6, 6.07) is 23.7. The van der Waals surface area contributed by atoms with Gasteiger partial charge in [0.15, 0.2) is 11.5 Å². The molecule has 1 aliphatic heterocycles. The van der Waals surface area contributed by atoms with Crippen LogP contribution in [0.2, 0.25) is 0 Å². The number of rotatable bonds is 5. The number of benzene rings is 3. The highest BCUT2D eigenvalue weighted by Crippen LogP contribution is 2.40. The van der Waals surface area contributed by atoms with Gasteiger partial charge in [0.05, 0.1) is 14.2 Å². The van der Waals surface area contributed by atoms with E-state index in [-0.39, 0.29) is 6.17 Å². The van der Waals surface area contributed by atoms with Crippen LogP contribution in [0.3, 0.4) is 0 Å². The quantitative estimate of drug-likeness (QED) is 0.588. The molecule has 0 bridgehead atoms. The summed E-state index contributed by atoms with van der Waals surface area (Å²) in [5.74, 6) is 1.50. The number of hydrogen-bond acceptors (Lipinski definition) is 4. The number of anilines is 2. The minimum absolute atomic E-state index is 0.0819. The van der Waals surface area contributed by atoms with Crippen molar-refractivity contribution in [2.45, 2.75) is 20.0 Å². The van der Waals surface area contributed by atoms with Gasteiger partial charge in [-0.15, -0.1) is 0 Å². The van der Waals surface area contributed by atoms with Crippen LogP contribution < -0.4 is 19.3 Å². The first-order valence-electron chi connectivity index (χ1n) is 9.99. The Morgan fingerprint density at radius 3 is 1.72 bits per heavy atom. The van der Waals surface area contributed by atoms with Gasteiger partial charge >= 0.3 is 0 Å². The molecule has 3 aromatic rings. The van der Waals surface area contributed by atoms with Crippen molar-refractivity contribution in [1.29, 1.82) is 0 Å². The summed E-state index contributed by atoms with van der Waals surface area (Å²) in [5.41, 5.74) is 6.19. The van der Waals surface area contributed by atoms with E-state index in [1.54, 1.807) is 14.2 Å².